The van der Waals surface area contributed by atoms with Crippen molar-refractivity contribution < 1.29 is 0 Å². The summed E-state index contributed by atoms with van der Waals surface area (Å²) in [5, 5.41) is 4.87. The van der Waals surface area contributed by atoms with Crippen molar-refractivity contribution in [2.45, 2.75) is 76.0 Å². The topological polar surface area (TPSA) is 67.1 Å². The molecule has 7 heteroatoms. The van der Waals surface area contributed by atoms with E-state index in [4.69, 9.17) is 10.7 Å². The van der Waals surface area contributed by atoms with Gasteiger partial charge in [0.2, 0.25) is 0 Å². The quantitative estimate of drug-likeness (QED) is 0.837. The Bertz CT molecular complexity index is 795. The zero-order chi connectivity index (χ0) is 17.0. The highest BCUT2D eigenvalue weighted by molar-refractivity contribution is 7.19. The van der Waals surface area contributed by atoms with Crippen molar-refractivity contribution in [3.05, 3.63) is 16.3 Å². The van der Waals surface area contributed by atoms with Crippen molar-refractivity contribution in [1.29, 1.82) is 0 Å². The maximum Gasteiger partial charge on any atom is 0.146 e. The minimum atomic E-state index is 0. The molecule has 0 aromatic carbocycles. The van der Waals surface area contributed by atoms with Crippen molar-refractivity contribution in [2.24, 2.45) is 0 Å². The standard InChI is InChI=1S/C19H27N5S.ClH/c1-24(13-8-11-6-7-12(9-13)21-11)10-16-22-18(20)17-14-4-2-3-5-15(14)25-19(17)23-16;/h11-13,21H,2-10H2,1H3,(H2,20,22,23);1H. The number of halogens is 1. The zero-order valence-electron chi connectivity index (χ0n) is 15.3. The predicted molar refractivity (Wildman–Crippen MR) is 110 cm³/mol. The second-order valence-corrected chi connectivity index (χ2v) is 9.18. The van der Waals surface area contributed by atoms with E-state index in [0.29, 0.717) is 23.9 Å². The minimum Gasteiger partial charge on any atom is -0.383 e. The molecule has 3 N–H and O–H groups in total. The number of fused-ring (bicyclic) bond motifs is 5. The van der Waals surface area contributed by atoms with E-state index in [1.807, 2.05) is 11.3 Å². The first-order valence-electron chi connectivity index (χ1n) is 9.70. The molecule has 0 amide bonds. The van der Waals surface area contributed by atoms with Crippen molar-refractivity contribution in [1.82, 2.24) is 20.2 Å². The molecule has 0 radical (unpaired) electrons. The molecule has 2 saturated heterocycles. The molecular weight excluding hydrogens is 366 g/mol. The van der Waals surface area contributed by atoms with Crippen LogP contribution in [0.2, 0.25) is 0 Å². The van der Waals surface area contributed by atoms with Gasteiger partial charge in [-0.25, -0.2) is 9.97 Å². The van der Waals surface area contributed by atoms with Gasteiger partial charge in [0.05, 0.1) is 11.9 Å². The van der Waals surface area contributed by atoms with E-state index in [1.54, 1.807) is 0 Å². The second kappa shape index (κ2) is 7.23. The summed E-state index contributed by atoms with van der Waals surface area (Å²) in [5.74, 6) is 1.58. The van der Waals surface area contributed by atoms with E-state index in [9.17, 15) is 0 Å². The van der Waals surface area contributed by atoms with Gasteiger partial charge in [0.15, 0.2) is 0 Å². The third kappa shape index (κ3) is 3.21. The Kier molecular flexibility index (Phi) is 5.12. The number of anilines is 1. The number of aromatic nitrogens is 2. The van der Waals surface area contributed by atoms with Crippen LogP contribution >= 0.6 is 23.7 Å². The van der Waals surface area contributed by atoms with E-state index >= 15 is 0 Å². The zero-order valence-corrected chi connectivity index (χ0v) is 17.0. The molecule has 0 spiro atoms. The molecule has 4 heterocycles. The second-order valence-electron chi connectivity index (χ2n) is 8.09. The Balaban J connectivity index is 0.00000168. The molecule has 2 unspecified atom stereocenters. The fraction of sp³-hybridized carbons (Fsp3) is 0.684. The lowest BCUT2D eigenvalue weighted by molar-refractivity contribution is 0.163. The van der Waals surface area contributed by atoms with Gasteiger partial charge in [-0.15, -0.1) is 23.7 Å². The van der Waals surface area contributed by atoms with Gasteiger partial charge in [0, 0.05) is 23.0 Å². The molecule has 2 bridgehead atoms. The van der Waals surface area contributed by atoms with Crippen molar-refractivity contribution in [3.8, 4) is 0 Å². The number of thiophene rings is 1. The Morgan fingerprint density at radius 1 is 1.15 bits per heavy atom. The summed E-state index contributed by atoms with van der Waals surface area (Å²) in [4.78, 5) is 14.6. The third-order valence-corrected chi connectivity index (χ3v) is 7.54. The van der Waals surface area contributed by atoms with Gasteiger partial charge in [-0.3, -0.25) is 4.90 Å². The van der Waals surface area contributed by atoms with Crippen molar-refractivity contribution in [2.75, 3.05) is 12.8 Å². The lowest BCUT2D eigenvalue weighted by Crippen LogP contribution is -2.46. The van der Waals surface area contributed by atoms with Crippen molar-refractivity contribution in [3.63, 3.8) is 0 Å². The van der Waals surface area contributed by atoms with Crippen LogP contribution in [0.15, 0.2) is 0 Å². The SMILES string of the molecule is CN(Cc1nc(N)c2c3c(sc2n1)CCCC3)C1CC2CCC(C1)N2.Cl. The van der Waals surface area contributed by atoms with Gasteiger partial charge < -0.3 is 11.1 Å². The molecule has 0 saturated carbocycles. The first-order valence-corrected chi connectivity index (χ1v) is 10.5. The highest BCUT2D eigenvalue weighted by Crippen LogP contribution is 2.38. The normalized spacial score (nSPS) is 27.5. The summed E-state index contributed by atoms with van der Waals surface area (Å²) in [7, 11) is 2.22. The summed E-state index contributed by atoms with van der Waals surface area (Å²) < 4.78 is 0. The molecule has 3 aliphatic rings. The van der Waals surface area contributed by atoms with Gasteiger partial charge in [-0.2, -0.15) is 0 Å². The van der Waals surface area contributed by atoms with Crippen LogP contribution < -0.4 is 11.1 Å². The van der Waals surface area contributed by atoms with E-state index in [1.165, 1.54) is 55.4 Å². The Morgan fingerprint density at radius 3 is 2.65 bits per heavy atom. The molecule has 5 nitrogen and oxygen atoms in total. The first-order chi connectivity index (χ1) is 12.2. The first kappa shape index (κ1) is 18.4. The number of nitrogen functional groups attached to an aromatic ring is 1. The number of piperidine rings is 1. The summed E-state index contributed by atoms with van der Waals surface area (Å²) in [5.41, 5.74) is 7.79. The number of rotatable bonds is 3. The van der Waals surface area contributed by atoms with Crippen LogP contribution in [0.5, 0.6) is 0 Å². The fourth-order valence-corrected chi connectivity index (χ4v) is 6.33. The predicted octanol–water partition coefficient (Wildman–Crippen LogP) is 3.29. The van der Waals surface area contributed by atoms with Crippen LogP contribution in [0.3, 0.4) is 0 Å². The van der Waals surface area contributed by atoms with Gasteiger partial charge in [0.25, 0.3) is 0 Å². The van der Waals surface area contributed by atoms with Crippen LogP contribution in [-0.4, -0.2) is 40.0 Å². The number of nitrogens with zero attached hydrogens (tertiary/aromatic N) is 3. The van der Waals surface area contributed by atoms with Crippen LogP contribution in [-0.2, 0) is 19.4 Å². The van der Waals surface area contributed by atoms with E-state index in [2.05, 4.69) is 22.2 Å². The van der Waals surface area contributed by atoms with Gasteiger partial charge in [-0.1, -0.05) is 0 Å². The van der Waals surface area contributed by atoms with Crippen LogP contribution in [0.1, 0.15) is 54.8 Å². The molecule has 142 valence electrons. The molecule has 2 aromatic rings. The molecule has 26 heavy (non-hydrogen) atoms. The monoisotopic (exact) mass is 393 g/mol. The van der Waals surface area contributed by atoms with Crippen molar-refractivity contribution >= 4 is 39.8 Å². The summed E-state index contributed by atoms with van der Waals surface area (Å²) >= 11 is 1.84. The van der Waals surface area contributed by atoms with Gasteiger partial charge in [-0.05, 0) is 64.0 Å². The summed E-state index contributed by atoms with van der Waals surface area (Å²) in [6.07, 6.45) is 10.1. The lowest BCUT2D eigenvalue weighted by Gasteiger charge is -2.35. The average Bonchev–Trinajstić information content (AvgIpc) is 3.14. The molecule has 2 fully saturated rings. The Morgan fingerprint density at radius 2 is 1.88 bits per heavy atom. The van der Waals surface area contributed by atoms with Crippen LogP contribution in [0, 0.1) is 0 Å². The molecular formula is C19H28ClN5S. The van der Waals surface area contributed by atoms with E-state index < -0.39 is 0 Å². The molecule has 2 atom stereocenters. The third-order valence-electron chi connectivity index (χ3n) is 6.35. The van der Waals surface area contributed by atoms with Gasteiger partial charge in [0.1, 0.15) is 16.5 Å². The highest BCUT2D eigenvalue weighted by Gasteiger charge is 2.35. The average molecular weight is 394 g/mol. The highest BCUT2D eigenvalue weighted by atomic mass is 35.5. The smallest absolute Gasteiger partial charge is 0.146 e. The Labute approximate surface area is 165 Å². The molecule has 1 aliphatic carbocycles. The summed E-state index contributed by atoms with van der Waals surface area (Å²) in [6, 6.07) is 2.06. The number of hydrogen-bond acceptors (Lipinski definition) is 6. The number of nitrogens with two attached hydrogens (primary N) is 1. The summed E-state index contributed by atoms with van der Waals surface area (Å²) in [6.45, 7) is 0.798. The Hall–Kier alpha value is -0.950. The molecule has 5 rings (SSSR count). The largest absolute Gasteiger partial charge is 0.383 e. The minimum absolute atomic E-state index is 0. The van der Waals surface area contributed by atoms with E-state index in [0.717, 1.165) is 29.0 Å². The molecule has 2 aliphatic heterocycles. The molecule has 2 aromatic heterocycles. The number of aryl methyl sites for hydroxylation is 2. The fourth-order valence-electron chi connectivity index (χ4n) is 5.04. The van der Waals surface area contributed by atoms with Crippen LogP contribution in [0.4, 0.5) is 5.82 Å². The van der Waals surface area contributed by atoms with Gasteiger partial charge >= 0.3 is 0 Å². The van der Waals surface area contributed by atoms with E-state index in [-0.39, 0.29) is 12.4 Å². The maximum absolute atomic E-state index is 6.36. The number of hydrogen-bond donors (Lipinski definition) is 2. The lowest BCUT2D eigenvalue weighted by atomic mass is 9.97. The maximum atomic E-state index is 6.36. The number of nitrogens with one attached hydrogen (secondary N) is 1. The van der Waals surface area contributed by atoms with Crippen LogP contribution in [0.25, 0.3) is 10.2 Å².